The van der Waals surface area contributed by atoms with E-state index in [0.717, 1.165) is 19.6 Å². The lowest BCUT2D eigenvalue weighted by Crippen LogP contribution is -2.20. The predicted molar refractivity (Wildman–Crippen MR) is 45.3 cm³/mol. The second-order valence-electron chi connectivity index (χ2n) is 2.80. The average molecular weight is 153 g/mol. The molecule has 0 amide bonds. The van der Waals surface area contributed by atoms with Crippen molar-refractivity contribution in [2.45, 2.75) is 25.4 Å². The van der Waals surface area contributed by atoms with Crippen molar-refractivity contribution in [3.8, 4) is 12.3 Å². The number of hydrogen-bond donors (Lipinski definition) is 1. The van der Waals surface area contributed by atoms with Crippen molar-refractivity contribution in [2.24, 2.45) is 0 Å². The van der Waals surface area contributed by atoms with Crippen LogP contribution < -0.4 is 5.32 Å². The van der Waals surface area contributed by atoms with E-state index in [1.165, 1.54) is 12.8 Å². The number of hydrogen-bond acceptors (Lipinski definition) is 2. The Morgan fingerprint density at radius 3 is 3.18 bits per heavy atom. The highest BCUT2D eigenvalue weighted by Gasteiger charge is 2.13. The molecule has 0 saturated carbocycles. The normalized spacial score (nSPS) is 23.4. The van der Waals surface area contributed by atoms with Crippen LogP contribution in [-0.2, 0) is 4.74 Å². The van der Waals surface area contributed by atoms with Gasteiger partial charge < -0.3 is 10.1 Å². The fourth-order valence-electron chi connectivity index (χ4n) is 1.30. The molecular formula is C9H15NO. The summed E-state index contributed by atoms with van der Waals surface area (Å²) in [6.45, 7) is 2.60. The second kappa shape index (κ2) is 5.17. The predicted octanol–water partition coefficient (Wildman–Crippen LogP) is 0.778. The average Bonchev–Trinajstić information content (AvgIpc) is 2.50. The van der Waals surface area contributed by atoms with Crippen LogP contribution in [0.5, 0.6) is 0 Å². The van der Waals surface area contributed by atoms with E-state index in [0.29, 0.717) is 12.6 Å². The van der Waals surface area contributed by atoms with Gasteiger partial charge >= 0.3 is 0 Å². The van der Waals surface area contributed by atoms with Gasteiger partial charge in [0.15, 0.2) is 0 Å². The fraction of sp³-hybridized carbons (Fsp3) is 0.778. The Morgan fingerprint density at radius 1 is 1.64 bits per heavy atom. The van der Waals surface area contributed by atoms with Gasteiger partial charge in [0.05, 0.1) is 12.6 Å². The molecule has 1 N–H and O–H groups in total. The Labute approximate surface area is 68.3 Å². The van der Waals surface area contributed by atoms with E-state index in [1.807, 2.05) is 0 Å². The molecule has 1 aliphatic rings. The van der Waals surface area contributed by atoms with Crippen molar-refractivity contribution in [1.82, 2.24) is 5.32 Å². The highest BCUT2D eigenvalue weighted by atomic mass is 16.5. The summed E-state index contributed by atoms with van der Waals surface area (Å²) in [5.74, 6) is 2.54. The lowest BCUT2D eigenvalue weighted by molar-refractivity contribution is 0.104. The number of terminal acetylenes is 1. The monoisotopic (exact) mass is 153 g/mol. The Kier molecular flexibility index (Phi) is 4.03. The summed E-state index contributed by atoms with van der Waals surface area (Å²) in [6.07, 6.45) is 9.11. The lowest BCUT2D eigenvalue weighted by Gasteiger charge is -2.07. The van der Waals surface area contributed by atoms with E-state index in [-0.39, 0.29) is 0 Å². The molecule has 1 unspecified atom stereocenters. The maximum Gasteiger partial charge on any atom is 0.0588 e. The summed E-state index contributed by atoms with van der Waals surface area (Å²) in [5.41, 5.74) is 0. The first-order valence-electron chi connectivity index (χ1n) is 4.19. The molecule has 1 saturated heterocycles. The topological polar surface area (TPSA) is 21.3 Å². The molecule has 2 nitrogen and oxygen atoms in total. The zero-order valence-corrected chi connectivity index (χ0v) is 6.81. The zero-order chi connectivity index (χ0) is 7.94. The van der Waals surface area contributed by atoms with Crippen molar-refractivity contribution in [3.05, 3.63) is 0 Å². The number of rotatable bonds is 4. The van der Waals surface area contributed by atoms with Gasteiger partial charge in [0, 0.05) is 6.61 Å². The molecule has 1 rings (SSSR count). The van der Waals surface area contributed by atoms with Crippen molar-refractivity contribution < 1.29 is 4.74 Å². The lowest BCUT2D eigenvalue weighted by atomic mass is 10.2. The first-order chi connectivity index (χ1) is 5.43. The summed E-state index contributed by atoms with van der Waals surface area (Å²) >= 11 is 0. The van der Waals surface area contributed by atoms with Crippen LogP contribution >= 0.6 is 0 Å². The molecule has 0 aromatic carbocycles. The van der Waals surface area contributed by atoms with E-state index in [2.05, 4.69) is 11.2 Å². The maximum absolute atomic E-state index is 5.44. The molecule has 1 atom stereocenters. The molecule has 0 radical (unpaired) electrons. The molecule has 0 aliphatic carbocycles. The third-order valence-electron chi connectivity index (χ3n) is 1.89. The van der Waals surface area contributed by atoms with Gasteiger partial charge in [-0.05, 0) is 25.8 Å². The third-order valence-corrected chi connectivity index (χ3v) is 1.89. The quantitative estimate of drug-likeness (QED) is 0.476. The van der Waals surface area contributed by atoms with Crippen LogP contribution in [0.2, 0.25) is 0 Å². The van der Waals surface area contributed by atoms with E-state index < -0.39 is 0 Å². The molecule has 2 heteroatoms. The second-order valence-corrected chi connectivity index (χ2v) is 2.80. The molecule has 0 aromatic heterocycles. The van der Waals surface area contributed by atoms with Crippen LogP contribution in [0.4, 0.5) is 0 Å². The van der Waals surface area contributed by atoms with Crippen LogP contribution in [0.25, 0.3) is 0 Å². The summed E-state index contributed by atoms with van der Waals surface area (Å²) in [6, 6.07) is 0. The molecular weight excluding hydrogens is 138 g/mol. The van der Waals surface area contributed by atoms with E-state index in [4.69, 9.17) is 11.2 Å². The molecule has 0 aromatic rings. The van der Waals surface area contributed by atoms with Crippen molar-refractivity contribution in [3.63, 3.8) is 0 Å². The van der Waals surface area contributed by atoms with Crippen LogP contribution in [0.1, 0.15) is 19.3 Å². The van der Waals surface area contributed by atoms with Gasteiger partial charge in [-0.15, -0.1) is 6.42 Å². The highest BCUT2D eigenvalue weighted by Crippen LogP contribution is 2.14. The smallest absolute Gasteiger partial charge is 0.0588 e. The Hall–Kier alpha value is -0.520. The zero-order valence-electron chi connectivity index (χ0n) is 6.81. The first kappa shape index (κ1) is 8.58. The van der Waals surface area contributed by atoms with Gasteiger partial charge in [-0.3, -0.25) is 0 Å². The van der Waals surface area contributed by atoms with Crippen LogP contribution in [-0.4, -0.2) is 25.8 Å². The molecule has 1 heterocycles. The third kappa shape index (κ3) is 3.41. The van der Waals surface area contributed by atoms with Gasteiger partial charge in [-0.25, -0.2) is 0 Å². The summed E-state index contributed by atoms with van der Waals surface area (Å²) in [5, 5.41) is 3.15. The van der Waals surface area contributed by atoms with Gasteiger partial charge in [0.2, 0.25) is 0 Å². The van der Waals surface area contributed by atoms with Crippen molar-refractivity contribution in [2.75, 3.05) is 19.7 Å². The number of nitrogens with one attached hydrogen (secondary N) is 1. The van der Waals surface area contributed by atoms with Gasteiger partial charge in [-0.1, -0.05) is 5.92 Å². The van der Waals surface area contributed by atoms with Crippen molar-refractivity contribution in [1.29, 1.82) is 0 Å². The minimum atomic E-state index is 0.486. The van der Waals surface area contributed by atoms with Crippen LogP contribution in [0.15, 0.2) is 0 Å². The largest absolute Gasteiger partial charge is 0.378 e. The minimum Gasteiger partial charge on any atom is -0.378 e. The van der Waals surface area contributed by atoms with Gasteiger partial charge in [0.1, 0.15) is 0 Å². The Bertz CT molecular complexity index is 133. The molecule has 1 fully saturated rings. The molecule has 0 spiro atoms. The molecule has 1 aliphatic heterocycles. The molecule has 0 bridgehead atoms. The standard InChI is InChI=1S/C9H15NO/c1-2-6-10-7-5-9-4-3-8-11-9/h1,9-10H,3-8H2. The van der Waals surface area contributed by atoms with E-state index in [9.17, 15) is 0 Å². The summed E-state index contributed by atoms with van der Waals surface area (Å²) in [7, 11) is 0. The summed E-state index contributed by atoms with van der Waals surface area (Å²) in [4.78, 5) is 0. The maximum atomic E-state index is 5.44. The fourth-order valence-corrected chi connectivity index (χ4v) is 1.30. The minimum absolute atomic E-state index is 0.486. The Morgan fingerprint density at radius 2 is 2.55 bits per heavy atom. The van der Waals surface area contributed by atoms with Crippen LogP contribution in [0.3, 0.4) is 0 Å². The summed E-state index contributed by atoms with van der Waals surface area (Å²) < 4.78 is 5.44. The van der Waals surface area contributed by atoms with Gasteiger partial charge in [0.25, 0.3) is 0 Å². The SMILES string of the molecule is C#CCNCCC1CCCO1. The van der Waals surface area contributed by atoms with Crippen molar-refractivity contribution >= 4 is 0 Å². The van der Waals surface area contributed by atoms with E-state index >= 15 is 0 Å². The molecule has 62 valence electrons. The van der Waals surface area contributed by atoms with Crippen LogP contribution in [0, 0.1) is 12.3 Å². The Balaban J connectivity index is 1.90. The highest BCUT2D eigenvalue weighted by molar-refractivity contribution is 4.86. The van der Waals surface area contributed by atoms with Gasteiger partial charge in [-0.2, -0.15) is 0 Å². The first-order valence-corrected chi connectivity index (χ1v) is 4.19. The van der Waals surface area contributed by atoms with E-state index in [1.54, 1.807) is 0 Å². The number of ether oxygens (including phenoxy) is 1. The molecule has 11 heavy (non-hydrogen) atoms.